The number of carbonyl (C=O) groups is 1. The van der Waals surface area contributed by atoms with Gasteiger partial charge in [-0.15, -0.1) is 11.3 Å². The van der Waals surface area contributed by atoms with Crippen LogP contribution in [-0.2, 0) is 0 Å². The van der Waals surface area contributed by atoms with E-state index in [0.717, 1.165) is 11.3 Å². The van der Waals surface area contributed by atoms with Gasteiger partial charge in [-0.2, -0.15) is 0 Å². The van der Waals surface area contributed by atoms with Gasteiger partial charge in [-0.05, 0) is 30.3 Å². The van der Waals surface area contributed by atoms with Crippen LogP contribution in [0.2, 0.25) is 0 Å². The third-order valence-electron chi connectivity index (χ3n) is 4.46. The molecular formula is C24H20FN3O2S. The Kier molecular flexibility index (Phi) is 6.54. The van der Waals surface area contributed by atoms with Gasteiger partial charge in [0.2, 0.25) is 0 Å². The summed E-state index contributed by atoms with van der Waals surface area (Å²) in [5.74, 6) is 0.441. The topological polar surface area (TPSA) is 63.2 Å². The van der Waals surface area contributed by atoms with Gasteiger partial charge in [0, 0.05) is 16.5 Å². The molecule has 4 rings (SSSR count). The number of halogens is 1. The highest BCUT2D eigenvalue weighted by Gasteiger charge is 2.13. The van der Waals surface area contributed by atoms with Gasteiger partial charge in [0.15, 0.2) is 0 Å². The molecular weight excluding hydrogens is 413 g/mol. The standard InChI is InChI=1S/C24H20FN3O2S/c25-20-12-6-4-10-18(20)23-27-22(16-31-23)19-11-5-7-13-21(19)28-24(29)26-14-15-30-17-8-2-1-3-9-17/h1-13,16H,14-15H2,(H2,26,28,29). The van der Waals surface area contributed by atoms with Crippen LogP contribution in [0.15, 0.2) is 84.2 Å². The third kappa shape index (κ3) is 5.26. The average Bonchev–Trinajstić information content (AvgIpc) is 3.28. The monoisotopic (exact) mass is 433 g/mol. The van der Waals surface area contributed by atoms with Gasteiger partial charge in [0.05, 0.1) is 17.9 Å². The Morgan fingerprint density at radius 3 is 2.45 bits per heavy atom. The number of hydrogen-bond acceptors (Lipinski definition) is 4. The Morgan fingerprint density at radius 1 is 0.935 bits per heavy atom. The molecule has 0 saturated heterocycles. The van der Waals surface area contributed by atoms with Crippen molar-refractivity contribution in [3.63, 3.8) is 0 Å². The van der Waals surface area contributed by atoms with Crippen LogP contribution in [0, 0.1) is 5.82 Å². The van der Waals surface area contributed by atoms with Crippen molar-refractivity contribution in [1.82, 2.24) is 10.3 Å². The van der Waals surface area contributed by atoms with Crippen LogP contribution in [0.25, 0.3) is 21.8 Å². The van der Waals surface area contributed by atoms with Crippen LogP contribution >= 0.6 is 11.3 Å². The van der Waals surface area contributed by atoms with Crippen molar-refractivity contribution in [3.05, 3.63) is 90.1 Å². The number of ether oxygens (including phenoxy) is 1. The van der Waals surface area contributed by atoms with E-state index < -0.39 is 0 Å². The zero-order chi connectivity index (χ0) is 21.5. The van der Waals surface area contributed by atoms with Crippen molar-refractivity contribution < 1.29 is 13.9 Å². The molecule has 0 unspecified atom stereocenters. The second kappa shape index (κ2) is 9.86. The first-order chi connectivity index (χ1) is 15.2. The minimum absolute atomic E-state index is 0.313. The average molecular weight is 434 g/mol. The first-order valence-corrected chi connectivity index (χ1v) is 10.6. The Hall–Kier alpha value is -3.71. The molecule has 7 heteroatoms. The Bertz CT molecular complexity index is 1160. The summed E-state index contributed by atoms with van der Waals surface area (Å²) in [6, 6.07) is 23.0. The maximum Gasteiger partial charge on any atom is 0.319 e. The Labute approximate surface area is 183 Å². The van der Waals surface area contributed by atoms with Gasteiger partial charge < -0.3 is 15.4 Å². The molecule has 1 heterocycles. The fourth-order valence-corrected chi connectivity index (χ4v) is 3.83. The molecule has 0 aliphatic heterocycles. The molecule has 3 aromatic carbocycles. The quantitative estimate of drug-likeness (QED) is 0.361. The van der Waals surface area contributed by atoms with Gasteiger partial charge >= 0.3 is 6.03 Å². The molecule has 1 aromatic heterocycles. The molecule has 0 saturated carbocycles. The van der Waals surface area contributed by atoms with E-state index in [1.807, 2.05) is 53.9 Å². The minimum Gasteiger partial charge on any atom is -0.492 e. The number of amides is 2. The molecule has 2 N–H and O–H groups in total. The van der Waals surface area contributed by atoms with Crippen LogP contribution in [0.3, 0.4) is 0 Å². The number of thiazole rings is 1. The molecule has 0 fully saturated rings. The van der Waals surface area contributed by atoms with Crippen molar-refractivity contribution in [3.8, 4) is 27.6 Å². The summed E-state index contributed by atoms with van der Waals surface area (Å²) in [5.41, 5.74) is 2.51. The van der Waals surface area contributed by atoms with Crippen molar-refractivity contribution in [1.29, 1.82) is 0 Å². The summed E-state index contributed by atoms with van der Waals surface area (Å²) < 4.78 is 19.7. The smallest absolute Gasteiger partial charge is 0.319 e. The van der Waals surface area contributed by atoms with E-state index >= 15 is 0 Å². The van der Waals surface area contributed by atoms with Crippen molar-refractivity contribution in [2.24, 2.45) is 0 Å². The molecule has 0 bridgehead atoms. The third-order valence-corrected chi connectivity index (χ3v) is 5.33. The maximum absolute atomic E-state index is 14.1. The van der Waals surface area contributed by atoms with Gasteiger partial charge in [-0.3, -0.25) is 0 Å². The lowest BCUT2D eigenvalue weighted by molar-refractivity contribution is 0.247. The largest absolute Gasteiger partial charge is 0.492 e. The molecule has 0 atom stereocenters. The summed E-state index contributed by atoms with van der Waals surface area (Å²) in [5, 5.41) is 8.07. The second-order valence-electron chi connectivity index (χ2n) is 6.61. The summed E-state index contributed by atoms with van der Waals surface area (Å²) in [4.78, 5) is 16.9. The Morgan fingerprint density at radius 2 is 1.65 bits per heavy atom. The summed E-state index contributed by atoms with van der Waals surface area (Å²) >= 11 is 1.36. The van der Waals surface area contributed by atoms with E-state index in [9.17, 15) is 9.18 Å². The molecule has 31 heavy (non-hydrogen) atoms. The lowest BCUT2D eigenvalue weighted by Crippen LogP contribution is -2.32. The molecule has 0 radical (unpaired) electrons. The predicted octanol–water partition coefficient (Wildman–Crippen LogP) is 5.82. The highest BCUT2D eigenvalue weighted by molar-refractivity contribution is 7.13. The van der Waals surface area contributed by atoms with Crippen LogP contribution in [-0.4, -0.2) is 24.2 Å². The molecule has 0 aliphatic rings. The molecule has 2 amide bonds. The number of aromatic nitrogens is 1. The summed E-state index contributed by atoms with van der Waals surface area (Å²) in [6.45, 7) is 0.716. The predicted molar refractivity (Wildman–Crippen MR) is 122 cm³/mol. The van der Waals surface area contributed by atoms with Crippen LogP contribution in [0.4, 0.5) is 14.9 Å². The fraction of sp³-hybridized carbons (Fsp3) is 0.0833. The zero-order valence-electron chi connectivity index (χ0n) is 16.5. The Balaban J connectivity index is 1.40. The lowest BCUT2D eigenvalue weighted by atomic mass is 10.1. The number of nitrogens with one attached hydrogen (secondary N) is 2. The van der Waals surface area contributed by atoms with Gasteiger partial charge in [0.1, 0.15) is 23.2 Å². The normalized spacial score (nSPS) is 10.5. The number of urea groups is 1. The molecule has 5 nitrogen and oxygen atoms in total. The highest BCUT2D eigenvalue weighted by atomic mass is 32.1. The first kappa shape index (κ1) is 20.6. The van der Waals surface area contributed by atoms with Crippen molar-refractivity contribution in [2.75, 3.05) is 18.5 Å². The van der Waals surface area contributed by atoms with Gasteiger partial charge in [-0.25, -0.2) is 14.2 Å². The van der Waals surface area contributed by atoms with E-state index in [-0.39, 0.29) is 11.8 Å². The van der Waals surface area contributed by atoms with E-state index in [1.54, 1.807) is 24.3 Å². The van der Waals surface area contributed by atoms with Crippen molar-refractivity contribution >= 4 is 23.1 Å². The highest BCUT2D eigenvalue weighted by Crippen LogP contribution is 2.33. The number of carbonyl (C=O) groups excluding carboxylic acids is 1. The van der Waals surface area contributed by atoms with Crippen LogP contribution in [0.5, 0.6) is 5.75 Å². The van der Waals surface area contributed by atoms with E-state index in [2.05, 4.69) is 15.6 Å². The summed E-state index contributed by atoms with van der Waals surface area (Å²) in [6.07, 6.45) is 0. The lowest BCUT2D eigenvalue weighted by Gasteiger charge is -2.11. The van der Waals surface area contributed by atoms with E-state index in [1.165, 1.54) is 17.4 Å². The van der Waals surface area contributed by atoms with Crippen LogP contribution < -0.4 is 15.4 Å². The second-order valence-corrected chi connectivity index (χ2v) is 7.46. The first-order valence-electron chi connectivity index (χ1n) is 9.73. The molecule has 0 aliphatic carbocycles. The van der Waals surface area contributed by atoms with Crippen molar-refractivity contribution in [2.45, 2.75) is 0 Å². The van der Waals surface area contributed by atoms with Gasteiger partial charge in [0.25, 0.3) is 0 Å². The number of rotatable bonds is 7. The SMILES string of the molecule is O=C(NCCOc1ccccc1)Nc1ccccc1-c1csc(-c2ccccc2F)n1. The molecule has 156 valence electrons. The number of benzene rings is 3. The summed E-state index contributed by atoms with van der Waals surface area (Å²) in [7, 11) is 0. The number of para-hydroxylation sites is 2. The minimum atomic E-state index is -0.339. The maximum atomic E-state index is 14.1. The number of hydrogen-bond donors (Lipinski definition) is 2. The molecule has 4 aromatic rings. The number of anilines is 1. The van der Waals surface area contributed by atoms with E-state index in [4.69, 9.17) is 4.74 Å². The van der Waals surface area contributed by atoms with Gasteiger partial charge in [-0.1, -0.05) is 48.5 Å². The number of nitrogens with zero attached hydrogens (tertiary/aromatic N) is 1. The van der Waals surface area contributed by atoms with E-state index in [0.29, 0.717) is 35.1 Å². The fourth-order valence-electron chi connectivity index (χ4n) is 2.99. The zero-order valence-corrected chi connectivity index (χ0v) is 17.4. The van der Waals surface area contributed by atoms with Crippen LogP contribution in [0.1, 0.15) is 0 Å². The molecule has 0 spiro atoms.